The number of hydrogen-bond acceptors (Lipinski definition) is 4. The molecule has 1 aromatic carbocycles. The highest BCUT2D eigenvalue weighted by molar-refractivity contribution is 5.96. The second-order valence-electron chi connectivity index (χ2n) is 6.39. The topological polar surface area (TPSA) is 73.3 Å². The molecule has 2 aliphatic heterocycles. The highest BCUT2D eigenvalue weighted by Crippen LogP contribution is 2.23. The smallest absolute Gasteiger partial charge is 0.325 e. The van der Waals surface area contributed by atoms with Gasteiger partial charge in [-0.25, -0.2) is 4.79 Å². The lowest BCUT2D eigenvalue weighted by Crippen LogP contribution is -2.46. The van der Waals surface area contributed by atoms with Gasteiger partial charge in [0.05, 0.1) is 12.7 Å². The highest BCUT2D eigenvalue weighted by atomic mass is 16.5. The number of hydrogen-bond donors (Lipinski definition) is 1. The Balaban J connectivity index is 1.57. The normalized spacial score (nSPS) is 18.8. The number of aliphatic hydroxyl groups excluding tert-OH is 1. The van der Waals surface area contributed by atoms with Gasteiger partial charge in [0, 0.05) is 31.9 Å². The maximum Gasteiger partial charge on any atom is 0.325 e. The first-order valence-corrected chi connectivity index (χ1v) is 8.83. The maximum atomic E-state index is 12.6. The lowest BCUT2D eigenvalue weighted by atomic mass is 10.1. The second kappa shape index (κ2) is 7.74. The Morgan fingerprint density at radius 1 is 1.16 bits per heavy atom. The molecule has 7 heteroatoms. The number of amides is 3. The van der Waals surface area contributed by atoms with Gasteiger partial charge >= 0.3 is 6.03 Å². The van der Waals surface area contributed by atoms with E-state index in [9.17, 15) is 14.7 Å². The number of nitrogens with zero attached hydrogens (tertiary/aromatic N) is 3. The fraction of sp³-hybridized carbons (Fsp3) is 0.556. The van der Waals surface area contributed by atoms with E-state index in [1.54, 1.807) is 14.7 Å². The lowest BCUT2D eigenvalue weighted by Gasteiger charge is -2.30. The molecule has 7 nitrogen and oxygen atoms in total. The largest absolute Gasteiger partial charge is 0.494 e. The van der Waals surface area contributed by atoms with Crippen LogP contribution in [-0.4, -0.2) is 72.3 Å². The summed E-state index contributed by atoms with van der Waals surface area (Å²) in [5, 5.41) is 9.53. The molecule has 0 radical (unpaired) electrons. The fourth-order valence-corrected chi connectivity index (χ4v) is 3.24. The molecule has 0 atom stereocenters. The summed E-state index contributed by atoms with van der Waals surface area (Å²) in [6.45, 7) is 4.85. The molecule has 2 aliphatic rings. The number of carbonyl (C=O) groups excluding carboxylic acids is 2. The summed E-state index contributed by atoms with van der Waals surface area (Å²) in [5.74, 6) is 0.728. The van der Waals surface area contributed by atoms with Crippen LogP contribution < -0.4 is 9.64 Å². The lowest BCUT2D eigenvalue weighted by molar-refractivity contribution is -0.133. The van der Waals surface area contributed by atoms with Gasteiger partial charge in [0.15, 0.2) is 0 Å². The van der Waals surface area contributed by atoms with Crippen molar-refractivity contribution in [3.8, 4) is 5.75 Å². The molecule has 1 N–H and O–H groups in total. The van der Waals surface area contributed by atoms with Gasteiger partial charge in [-0.3, -0.25) is 9.69 Å². The van der Waals surface area contributed by atoms with Crippen LogP contribution in [-0.2, 0) is 4.79 Å². The minimum atomic E-state index is -0.312. The Labute approximate surface area is 147 Å². The Morgan fingerprint density at radius 2 is 1.84 bits per heavy atom. The average molecular weight is 347 g/mol. The number of rotatable bonds is 5. The van der Waals surface area contributed by atoms with Gasteiger partial charge in [0.1, 0.15) is 12.3 Å². The maximum absolute atomic E-state index is 12.6. The van der Waals surface area contributed by atoms with Crippen LogP contribution in [0.4, 0.5) is 10.5 Å². The summed E-state index contributed by atoms with van der Waals surface area (Å²) in [6.07, 6.45) is 0.906. The van der Waals surface area contributed by atoms with Gasteiger partial charge in [0.25, 0.3) is 0 Å². The van der Waals surface area contributed by atoms with Crippen LogP contribution in [0.3, 0.4) is 0 Å². The molecule has 2 heterocycles. The summed E-state index contributed by atoms with van der Waals surface area (Å²) in [4.78, 5) is 30.0. The minimum Gasteiger partial charge on any atom is -0.494 e. The zero-order chi connectivity index (χ0) is 17.8. The monoisotopic (exact) mass is 347 g/mol. The zero-order valence-corrected chi connectivity index (χ0v) is 14.6. The average Bonchev–Trinajstić information content (AvgIpc) is 2.97. The molecule has 2 fully saturated rings. The molecular formula is C18H25N3O4. The standard InChI is InChI=1S/C18H25N3O4/c1-2-25-16-5-3-14(4-6-16)21-12-11-20(18(21)24)13-17(23)19-9-7-15(22)8-10-19/h3-6,15,22H,2,7-13H2,1H3. The Bertz CT molecular complexity index is 611. The summed E-state index contributed by atoms with van der Waals surface area (Å²) < 4.78 is 5.42. The first-order valence-electron chi connectivity index (χ1n) is 8.83. The Kier molecular flexibility index (Phi) is 5.43. The molecule has 2 saturated heterocycles. The van der Waals surface area contributed by atoms with E-state index >= 15 is 0 Å². The number of anilines is 1. The van der Waals surface area contributed by atoms with E-state index in [0.29, 0.717) is 45.6 Å². The van der Waals surface area contributed by atoms with Gasteiger partial charge < -0.3 is 19.6 Å². The van der Waals surface area contributed by atoms with Crippen molar-refractivity contribution in [2.45, 2.75) is 25.9 Å². The number of likely N-dealkylation sites (tertiary alicyclic amines) is 1. The highest BCUT2D eigenvalue weighted by Gasteiger charge is 2.32. The molecule has 3 amide bonds. The predicted octanol–water partition coefficient (Wildman–Crippen LogP) is 1.31. The molecule has 0 saturated carbocycles. The molecule has 0 bridgehead atoms. The van der Waals surface area contributed by atoms with Crippen LogP contribution >= 0.6 is 0 Å². The molecule has 25 heavy (non-hydrogen) atoms. The number of urea groups is 1. The minimum absolute atomic E-state index is 0.0474. The molecular weight excluding hydrogens is 322 g/mol. The third kappa shape index (κ3) is 4.04. The first kappa shape index (κ1) is 17.5. The van der Waals surface area contributed by atoms with Crippen molar-refractivity contribution in [3.63, 3.8) is 0 Å². The van der Waals surface area contributed by atoms with Gasteiger partial charge in [0.2, 0.25) is 5.91 Å². The molecule has 0 unspecified atom stereocenters. The number of piperidine rings is 1. The van der Waals surface area contributed by atoms with E-state index in [4.69, 9.17) is 4.74 Å². The van der Waals surface area contributed by atoms with Gasteiger partial charge in [-0.15, -0.1) is 0 Å². The number of ether oxygens (including phenoxy) is 1. The third-order valence-electron chi connectivity index (χ3n) is 4.70. The van der Waals surface area contributed by atoms with E-state index in [1.165, 1.54) is 0 Å². The summed E-state index contributed by atoms with van der Waals surface area (Å²) in [5.41, 5.74) is 0.810. The summed E-state index contributed by atoms with van der Waals surface area (Å²) >= 11 is 0. The molecule has 0 spiro atoms. The molecule has 136 valence electrons. The Morgan fingerprint density at radius 3 is 2.48 bits per heavy atom. The molecule has 0 aliphatic carbocycles. The van der Waals surface area contributed by atoms with Crippen molar-refractivity contribution in [3.05, 3.63) is 24.3 Å². The van der Waals surface area contributed by atoms with Crippen molar-refractivity contribution in [2.75, 3.05) is 44.2 Å². The van der Waals surface area contributed by atoms with Crippen molar-refractivity contribution < 1.29 is 19.4 Å². The van der Waals surface area contributed by atoms with Crippen LogP contribution in [0.5, 0.6) is 5.75 Å². The Hall–Kier alpha value is -2.28. The third-order valence-corrected chi connectivity index (χ3v) is 4.70. The second-order valence-corrected chi connectivity index (χ2v) is 6.39. The number of carbonyl (C=O) groups is 2. The van der Waals surface area contributed by atoms with Crippen LogP contribution in [0.25, 0.3) is 0 Å². The van der Waals surface area contributed by atoms with E-state index in [-0.39, 0.29) is 24.6 Å². The molecule has 0 aromatic heterocycles. The SMILES string of the molecule is CCOc1ccc(N2CCN(CC(=O)N3CCC(O)CC3)C2=O)cc1. The van der Waals surface area contributed by atoms with E-state index < -0.39 is 0 Å². The molecule has 3 rings (SSSR count). The van der Waals surface area contributed by atoms with Gasteiger partial charge in [-0.1, -0.05) is 0 Å². The quantitative estimate of drug-likeness (QED) is 0.872. The van der Waals surface area contributed by atoms with Gasteiger partial charge in [-0.2, -0.15) is 0 Å². The van der Waals surface area contributed by atoms with Crippen molar-refractivity contribution >= 4 is 17.6 Å². The van der Waals surface area contributed by atoms with Crippen molar-refractivity contribution in [1.29, 1.82) is 0 Å². The van der Waals surface area contributed by atoms with Crippen LogP contribution in [0.1, 0.15) is 19.8 Å². The fourth-order valence-electron chi connectivity index (χ4n) is 3.24. The zero-order valence-electron chi connectivity index (χ0n) is 14.6. The molecule has 1 aromatic rings. The van der Waals surface area contributed by atoms with Gasteiger partial charge in [-0.05, 0) is 44.0 Å². The van der Waals surface area contributed by atoms with Crippen LogP contribution in [0.15, 0.2) is 24.3 Å². The van der Waals surface area contributed by atoms with Crippen LogP contribution in [0, 0.1) is 0 Å². The van der Waals surface area contributed by atoms with Crippen molar-refractivity contribution in [1.82, 2.24) is 9.80 Å². The van der Waals surface area contributed by atoms with E-state index in [0.717, 1.165) is 11.4 Å². The van der Waals surface area contributed by atoms with Crippen molar-refractivity contribution in [2.24, 2.45) is 0 Å². The summed E-state index contributed by atoms with van der Waals surface area (Å²) in [7, 11) is 0. The first-order chi connectivity index (χ1) is 12.1. The predicted molar refractivity (Wildman–Crippen MR) is 93.7 cm³/mol. The van der Waals surface area contributed by atoms with E-state index in [2.05, 4.69) is 0 Å². The van der Waals surface area contributed by atoms with E-state index in [1.807, 2.05) is 31.2 Å². The van der Waals surface area contributed by atoms with Crippen LogP contribution in [0.2, 0.25) is 0 Å². The summed E-state index contributed by atoms with van der Waals surface area (Å²) in [6, 6.07) is 7.27. The number of benzene rings is 1. The number of aliphatic hydroxyl groups is 1.